The number of aryl methyl sites for hydroxylation is 1. The molecule has 108 valence electrons. The third-order valence-corrected chi connectivity index (χ3v) is 4.23. The van der Waals surface area contributed by atoms with Crippen molar-refractivity contribution in [1.82, 2.24) is 14.6 Å². The minimum absolute atomic E-state index is 0.107. The van der Waals surface area contributed by atoms with E-state index in [1.807, 2.05) is 50.5 Å². The van der Waals surface area contributed by atoms with Crippen molar-refractivity contribution in [2.45, 2.75) is 26.7 Å². The Hall–Kier alpha value is -2.21. The molecule has 0 aliphatic carbocycles. The predicted octanol–water partition coefficient (Wildman–Crippen LogP) is 3.47. The molecule has 0 aromatic carbocycles. The van der Waals surface area contributed by atoms with Crippen LogP contribution in [0.2, 0.25) is 0 Å². The zero-order valence-electron chi connectivity index (χ0n) is 12.1. The molecule has 0 saturated carbocycles. The number of fused-ring (bicyclic) bond motifs is 1. The molecule has 0 fully saturated rings. The number of thiophene rings is 1. The minimum Gasteiger partial charge on any atom is -0.318 e. The van der Waals surface area contributed by atoms with Crippen LogP contribution in [-0.4, -0.2) is 20.5 Å². The zero-order chi connectivity index (χ0) is 15.0. The molecule has 0 aliphatic heterocycles. The van der Waals surface area contributed by atoms with Crippen LogP contribution in [0.4, 0.5) is 5.69 Å². The monoisotopic (exact) mass is 300 g/mol. The first-order valence-corrected chi connectivity index (χ1v) is 7.65. The summed E-state index contributed by atoms with van der Waals surface area (Å²) in [5.74, 6) is 0.904. The van der Waals surface area contributed by atoms with Crippen LogP contribution in [0.1, 0.15) is 40.8 Å². The summed E-state index contributed by atoms with van der Waals surface area (Å²) in [6.45, 7) is 6.02. The number of carbonyl (C=O) groups excluding carboxylic acids is 1. The van der Waals surface area contributed by atoms with E-state index >= 15 is 0 Å². The van der Waals surface area contributed by atoms with Gasteiger partial charge in [0.1, 0.15) is 0 Å². The van der Waals surface area contributed by atoms with E-state index in [9.17, 15) is 4.79 Å². The van der Waals surface area contributed by atoms with Crippen molar-refractivity contribution in [2.75, 3.05) is 5.32 Å². The van der Waals surface area contributed by atoms with Gasteiger partial charge in [-0.1, -0.05) is 13.8 Å². The fourth-order valence-electron chi connectivity index (χ4n) is 2.05. The molecule has 0 spiro atoms. The number of nitrogens with zero attached hydrogens (tertiary/aromatic N) is 3. The maximum Gasteiger partial charge on any atom is 0.266 e. The van der Waals surface area contributed by atoms with Crippen LogP contribution in [0, 0.1) is 6.92 Å². The molecule has 0 radical (unpaired) electrons. The Kier molecular flexibility index (Phi) is 3.47. The Morgan fingerprint density at radius 2 is 2.19 bits per heavy atom. The van der Waals surface area contributed by atoms with Gasteiger partial charge < -0.3 is 5.32 Å². The second kappa shape index (κ2) is 5.29. The fourth-order valence-corrected chi connectivity index (χ4v) is 2.87. The molecule has 0 aliphatic rings. The molecule has 21 heavy (non-hydrogen) atoms. The van der Waals surface area contributed by atoms with Crippen LogP contribution < -0.4 is 5.32 Å². The summed E-state index contributed by atoms with van der Waals surface area (Å²) in [6, 6.07) is 5.63. The number of anilines is 1. The Morgan fingerprint density at radius 3 is 2.86 bits per heavy atom. The van der Waals surface area contributed by atoms with Gasteiger partial charge in [-0.05, 0) is 36.1 Å². The molecule has 3 aromatic heterocycles. The van der Waals surface area contributed by atoms with E-state index in [-0.39, 0.29) is 11.8 Å². The molecule has 3 aromatic rings. The standard InChI is InChI=1S/C15H16N4OS/c1-9(2)13-17-14-11(5-4-7-19(14)18-13)16-15(20)12-10(3)6-8-21-12/h4-9H,1-3H3,(H,16,20). The van der Waals surface area contributed by atoms with Crippen LogP contribution in [0.3, 0.4) is 0 Å². The third kappa shape index (κ3) is 2.54. The van der Waals surface area contributed by atoms with Crippen molar-refractivity contribution < 1.29 is 4.79 Å². The van der Waals surface area contributed by atoms with Crippen LogP contribution >= 0.6 is 11.3 Å². The number of aromatic nitrogens is 3. The van der Waals surface area contributed by atoms with E-state index in [0.717, 1.165) is 16.3 Å². The lowest BCUT2D eigenvalue weighted by molar-refractivity contribution is 0.103. The SMILES string of the molecule is Cc1ccsc1C(=O)Nc1cccn2nc(C(C)C)nc12. The largest absolute Gasteiger partial charge is 0.318 e. The highest BCUT2D eigenvalue weighted by Crippen LogP contribution is 2.21. The van der Waals surface area contributed by atoms with E-state index < -0.39 is 0 Å². The topological polar surface area (TPSA) is 59.3 Å². The second-order valence-electron chi connectivity index (χ2n) is 5.20. The first kappa shape index (κ1) is 13.8. The Labute approximate surface area is 126 Å². The van der Waals surface area contributed by atoms with Crippen LogP contribution in [0.25, 0.3) is 5.65 Å². The normalized spacial score (nSPS) is 11.2. The van der Waals surface area contributed by atoms with Crippen molar-refractivity contribution in [3.05, 3.63) is 46.0 Å². The van der Waals surface area contributed by atoms with Gasteiger partial charge in [-0.15, -0.1) is 11.3 Å². The third-order valence-electron chi connectivity index (χ3n) is 3.21. The van der Waals surface area contributed by atoms with Crippen LogP contribution in [0.15, 0.2) is 29.8 Å². The maximum atomic E-state index is 12.3. The average molecular weight is 300 g/mol. The smallest absolute Gasteiger partial charge is 0.266 e. The lowest BCUT2D eigenvalue weighted by Crippen LogP contribution is -2.12. The summed E-state index contributed by atoms with van der Waals surface area (Å²) >= 11 is 1.44. The van der Waals surface area contributed by atoms with Crippen molar-refractivity contribution in [2.24, 2.45) is 0 Å². The molecule has 0 unspecified atom stereocenters. The fraction of sp³-hybridized carbons (Fsp3) is 0.267. The number of amides is 1. The maximum absolute atomic E-state index is 12.3. The predicted molar refractivity (Wildman–Crippen MR) is 84.1 cm³/mol. The number of hydrogen-bond donors (Lipinski definition) is 1. The summed E-state index contributed by atoms with van der Waals surface area (Å²) in [7, 11) is 0. The first-order valence-electron chi connectivity index (χ1n) is 6.77. The number of nitrogens with one attached hydrogen (secondary N) is 1. The molecule has 0 atom stereocenters. The number of hydrogen-bond acceptors (Lipinski definition) is 4. The summed E-state index contributed by atoms with van der Waals surface area (Å²) in [5.41, 5.74) is 2.33. The Morgan fingerprint density at radius 1 is 1.38 bits per heavy atom. The van der Waals surface area contributed by atoms with Crippen molar-refractivity contribution in [3.8, 4) is 0 Å². The molecule has 0 bridgehead atoms. The molecule has 3 rings (SSSR count). The Balaban J connectivity index is 1.97. The number of pyridine rings is 1. The molecule has 6 heteroatoms. The highest BCUT2D eigenvalue weighted by molar-refractivity contribution is 7.12. The van der Waals surface area contributed by atoms with Gasteiger partial charge in [0.25, 0.3) is 5.91 Å². The van der Waals surface area contributed by atoms with E-state index in [1.165, 1.54) is 11.3 Å². The lowest BCUT2D eigenvalue weighted by atomic mass is 10.2. The minimum atomic E-state index is -0.107. The lowest BCUT2D eigenvalue weighted by Gasteiger charge is -2.05. The van der Waals surface area contributed by atoms with Gasteiger partial charge in [0.15, 0.2) is 11.5 Å². The average Bonchev–Trinajstić information content (AvgIpc) is 3.05. The zero-order valence-corrected chi connectivity index (χ0v) is 12.9. The van der Waals surface area contributed by atoms with Gasteiger partial charge >= 0.3 is 0 Å². The molecule has 3 heterocycles. The summed E-state index contributed by atoms with van der Waals surface area (Å²) in [4.78, 5) is 17.6. The molecule has 5 nitrogen and oxygen atoms in total. The van der Waals surface area contributed by atoms with E-state index in [2.05, 4.69) is 15.4 Å². The van der Waals surface area contributed by atoms with E-state index in [4.69, 9.17) is 0 Å². The van der Waals surface area contributed by atoms with Crippen LogP contribution in [-0.2, 0) is 0 Å². The summed E-state index contributed by atoms with van der Waals surface area (Å²) < 4.78 is 1.70. The van der Waals surface area contributed by atoms with Gasteiger partial charge in [-0.25, -0.2) is 9.50 Å². The molecular formula is C15H16N4OS. The number of rotatable bonds is 3. The summed E-state index contributed by atoms with van der Waals surface area (Å²) in [5, 5.41) is 9.26. The second-order valence-corrected chi connectivity index (χ2v) is 6.12. The molecule has 0 saturated heterocycles. The van der Waals surface area contributed by atoms with Crippen molar-refractivity contribution >= 4 is 28.6 Å². The molecular weight excluding hydrogens is 284 g/mol. The van der Waals surface area contributed by atoms with E-state index in [1.54, 1.807) is 4.52 Å². The summed E-state index contributed by atoms with van der Waals surface area (Å²) in [6.07, 6.45) is 1.83. The van der Waals surface area contributed by atoms with Crippen LogP contribution in [0.5, 0.6) is 0 Å². The highest BCUT2D eigenvalue weighted by atomic mass is 32.1. The van der Waals surface area contributed by atoms with Gasteiger partial charge in [-0.2, -0.15) is 5.10 Å². The van der Waals surface area contributed by atoms with Gasteiger partial charge in [0.05, 0.1) is 10.6 Å². The molecule has 1 N–H and O–H groups in total. The molecule has 1 amide bonds. The highest BCUT2D eigenvalue weighted by Gasteiger charge is 2.15. The quantitative estimate of drug-likeness (QED) is 0.805. The van der Waals surface area contributed by atoms with Gasteiger partial charge in [0.2, 0.25) is 0 Å². The van der Waals surface area contributed by atoms with Gasteiger partial charge in [0, 0.05) is 12.1 Å². The van der Waals surface area contributed by atoms with Crippen molar-refractivity contribution in [3.63, 3.8) is 0 Å². The number of carbonyl (C=O) groups is 1. The van der Waals surface area contributed by atoms with Crippen molar-refractivity contribution in [1.29, 1.82) is 0 Å². The van der Waals surface area contributed by atoms with Gasteiger partial charge in [-0.3, -0.25) is 4.79 Å². The van der Waals surface area contributed by atoms with E-state index in [0.29, 0.717) is 11.3 Å². The first-order chi connectivity index (χ1) is 10.1. The Bertz CT molecular complexity index is 803.